The minimum Gasteiger partial charge on any atom is -0.359 e. The van der Waals surface area contributed by atoms with Crippen molar-refractivity contribution >= 4 is 5.78 Å². The van der Waals surface area contributed by atoms with Gasteiger partial charge in [-0.3, -0.25) is 4.79 Å². The van der Waals surface area contributed by atoms with E-state index in [1.807, 2.05) is 0 Å². The van der Waals surface area contributed by atoms with Crippen molar-refractivity contribution in [2.45, 2.75) is 51.0 Å². The van der Waals surface area contributed by atoms with Crippen LogP contribution in [-0.2, 0) is 14.3 Å². The third-order valence-electron chi connectivity index (χ3n) is 3.92. The summed E-state index contributed by atoms with van der Waals surface area (Å²) in [6.07, 6.45) is 8.61. The van der Waals surface area contributed by atoms with Gasteiger partial charge in [-0.1, -0.05) is 25.8 Å². The smallest absolute Gasteiger partial charge is 0.176 e. The topological polar surface area (TPSA) is 35.5 Å². The molecule has 17 heavy (non-hydrogen) atoms. The summed E-state index contributed by atoms with van der Waals surface area (Å²) in [4.78, 5) is 12.1. The minimum atomic E-state index is -0.604. The van der Waals surface area contributed by atoms with Crippen LogP contribution in [0, 0.1) is 5.92 Å². The largest absolute Gasteiger partial charge is 0.359 e. The lowest BCUT2D eigenvalue weighted by Gasteiger charge is -2.52. The zero-order chi connectivity index (χ0) is 12.3. The van der Waals surface area contributed by atoms with Crippen LogP contribution in [0.5, 0.6) is 0 Å². The van der Waals surface area contributed by atoms with Gasteiger partial charge < -0.3 is 9.47 Å². The molecule has 3 rings (SSSR count). The van der Waals surface area contributed by atoms with E-state index in [0.29, 0.717) is 0 Å². The van der Waals surface area contributed by atoms with E-state index in [2.05, 4.69) is 13.0 Å². The molecule has 0 radical (unpaired) electrons. The monoisotopic (exact) mass is 238 g/mol. The molecule has 0 N–H and O–H groups in total. The molecule has 0 aliphatic heterocycles. The Bertz CT molecular complexity index is 321. The van der Waals surface area contributed by atoms with Gasteiger partial charge in [-0.25, -0.2) is 0 Å². The Hall–Kier alpha value is -0.670. The molecule has 3 heteroatoms. The second-order valence-corrected chi connectivity index (χ2v) is 4.99. The van der Waals surface area contributed by atoms with Crippen molar-refractivity contribution in [2.24, 2.45) is 5.92 Å². The first-order chi connectivity index (χ1) is 8.26. The highest BCUT2D eigenvalue weighted by molar-refractivity contribution is 6.04. The molecule has 2 atom stereocenters. The predicted octanol–water partition coefficient (Wildman–Crippen LogP) is 2.85. The molecule has 0 amide bonds. The first-order valence-corrected chi connectivity index (χ1v) is 6.64. The van der Waals surface area contributed by atoms with Gasteiger partial charge in [0.05, 0.1) is 0 Å². The molecule has 3 nitrogen and oxygen atoms in total. The molecular formula is C14H22O3. The van der Waals surface area contributed by atoms with Crippen molar-refractivity contribution < 1.29 is 14.3 Å². The maximum absolute atomic E-state index is 12.1. The number of ether oxygens (including phenoxy) is 2. The molecule has 0 heterocycles. The highest BCUT2D eigenvalue weighted by Crippen LogP contribution is 2.52. The van der Waals surface area contributed by atoms with E-state index >= 15 is 0 Å². The zero-order valence-corrected chi connectivity index (χ0v) is 10.8. The van der Waals surface area contributed by atoms with E-state index in [9.17, 15) is 4.79 Å². The first kappa shape index (κ1) is 12.8. The number of methoxy groups -OCH3 is 1. The molecule has 0 aromatic heterocycles. The second kappa shape index (κ2) is 5.32. The SMILES string of the molecule is CCCC/C=C1\[C@@H]2CCC[C@]1(OCOC)C2=O. The molecular weight excluding hydrogens is 216 g/mol. The number of hydrogen-bond acceptors (Lipinski definition) is 3. The third-order valence-corrected chi connectivity index (χ3v) is 3.92. The van der Waals surface area contributed by atoms with E-state index in [1.165, 1.54) is 18.4 Å². The minimum absolute atomic E-state index is 0.150. The Morgan fingerprint density at radius 1 is 1.53 bits per heavy atom. The predicted molar refractivity (Wildman–Crippen MR) is 65.6 cm³/mol. The van der Waals surface area contributed by atoms with Crippen LogP contribution < -0.4 is 0 Å². The van der Waals surface area contributed by atoms with E-state index < -0.39 is 5.60 Å². The number of carbonyl (C=O) groups excluding carboxylic acids is 1. The second-order valence-electron chi connectivity index (χ2n) is 4.99. The summed E-state index contributed by atoms with van der Waals surface area (Å²) in [7, 11) is 1.60. The van der Waals surface area contributed by atoms with E-state index in [0.717, 1.165) is 25.7 Å². The summed E-state index contributed by atoms with van der Waals surface area (Å²) in [6, 6.07) is 0. The summed E-state index contributed by atoms with van der Waals surface area (Å²) >= 11 is 0. The number of allylic oxidation sites excluding steroid dienone is 1. The Labute approximate surface area is 103 Å². The molecule has 2 bridgehead atoms. The summed E-state index contributed by atoms with van der Waals surface area (Å²) in [5, 5.41) is 0. The number of fused-ring (bicyclic) bond motifs is 2. The lowest BCUT2D eigenvalue weighted by Crippen LogP contribution is -2.62. The number of unbranched alkanes of at least 4 members (excludes halogenated alkanes) is 2. The lowest BCUT2D eigenvalue weighted by atomic mass is 9.56. The van der Waals surface area contributed by atoms with Crippen LogP contribution >= 0.6 is 0 Å². The fourth-order valence-electron chi connectivity index (χ4n) is 3.03. The van der Waals surface area contributed by atoms with Gasteiger partial charge in [0.2, 0.25) is 0 Å². The number of ketones is 1. The summed E-state index contributed by atoms with van der Waals surface area (Å²) in [5.74, 6) is 0.431. The molecule has 3 aliphatic carbocycles. The molecule has 0 saturated heterocycles. The van der Waals surface area contributed by atoms with Crippen LogP contribution in [0.25, 0.3) is 0 Å². The van der Waals surface area contributed by atoms with Crippen LogP contribution in [0.15, 0.2) is 11.6 Å². The Morgan fingerprint density at radius 3 is 3.00 bits per heavy atom. The zero-order valence-electron chi connectivity index (χ0n) is 10.8. The Kier molecular flexibility index (Phi) is 4.00. The van der Waals surface area contributed by atoms with Gasteiger partial charge in [0.25, 0.3) is 0 Å². The van der Waals surface area contributed by atoms with Crippen LogP contribution in [0.4, 0.5) is 0 Å². The van der Waals surface area contributed by atoms with Crippen molar-refractivity contribution in [3.05, 3.63) is 11.6 Å². The van der Waals surface area contributed by atoms with E-state index in [-0.39, 0.29) is 18.5 Å². The van der Waals surface area contributed by atoms with Crippen LogP contribution in [0.2, 0.25) is 0 Å². The summed E-state index contributed by atoms with van der Waals surface area (Å²) in [6.45, 7) is 2.39. The molecule has 96 valence electrons. The molecule has 0 spiro atoms. The molecule has 3 fully saturated rings. The molecule has 3 saturated carbocycles. The standard InChI is InChI=1S/C14H22O3/c1-3-4-5-8-12-11-7-6-9-14(12,13(11)15)17-10-16-2/h8,11H,3-7,9-10H2,1-2H3/b12-8+/t11-,14+/m0/s1. The third kappa shape index (κ3) is 2.06. The molecule has 3 aliphatic rings. The Balaban J connectivity index is 2.08. The van der Waals surface area contributed by atoms with E-state index in [1.54, 1.807) is 7.11 Å². The highest BCUT2D eigenvalue weighted by Gasteiger charge is 2.60. The molecule has 0 aromatic carbocycles. The van der Waals surface area contributed by atoms with Gasteiger partial charge in [0, 0.05) is 13.0 Å². The van der Waals surface area contributed by atoms with E-state index in [4.69, 9.17) is 9.47 Å². The number of Topliss-reactive ketones (excluding diaryl/α,β-unsaturated/α-hetero) is 1. The Morgan fingerprint density at radius 2 is 2.35 bits per heavy atom. The van der Waals surface area contributed by atoms with Gasteiger partial charge in [0.15, 0.2) is 11.4 Å². The summed E-state index contributed by atoms with van der Waals surface area (Å²) in [5.41, 5.74) is 0.631. The van der Waals surface area contributed by atoms with Gasteiger partial charge in [-0.15, -0.1) is 0 Å². The van der Waals surface area contributed by atoms with Crippen molar-refractivity contribution in [3.63, 3.8) is 0 Å². The number of rotatable bonds is 6. The van der Waals surface area contributed by atoms with Crippen LogP contribution in [0.1, 0.15) is 45.4 Å². The number of carbonyl (C=O) groups is 1. The van der Waals surface area contributed by atoms with Crippen molar-refractivity contribution in [1.82, 2.24) is 0 Å². The quantitative estimate of drug-likeness (QED) is 0.405. The van der Waals surface area contributed by atoms with Crippen molar-refractivity contribution in [1.29, 1.82) is 0 Å². The lowest BCUT2D eigenvalue weighted by molar-refractivity contribution is -0.181. The average Bonchev–Trinajstić information content (AvgIpc) is 2.37. The van der Waals surface area contributed by atoms with Crippen molar-refractivity contribution in [3.8, 4) is 0 Å². The first-order valence-electron chi connectivity index (χ1n) is 6.64. The molecule has 0 unspecified atom stereocenters. The fraction of sp³-hybridized carbons (Fsp3) is 0.786. The summed E-state index contributed by atoms with van der Waals surface area (Å²) < 4.78 is 10.7. The highest BCUT2D eigenvalue weighted by atomic mass is 16.7. The molecule has 0 aromatic rings. The fourth-order valence-corrected chi connectivity index (χ4v) is 3.03. The van der Waals surface area contributed by atoms with Gasteiger partial charge in [0.1, 0.15) is 6.79 Å². The maximum atomic E-state index is 12.1. The van der Waals surface area contributed by atoms with Crippen molar-refractivity contribution in [2.75, 3.05) is 13.9 Å². The normalized spacial score (nSPS) is 33.9. The van der Waals surface area contributed by atoms with Crippen LogP contribution in [-0.4, -0.2) is 25.3 Å². The average molecular weight is 238 g/mol. The van der Waals surface area contributed by atoms with Gasteiger partial charge in [-0.05, 0) is 31.3 Å². The number of hydrogen-bond donors (Lipinski definition) is 0. The maximum Gasteiger partial charge on any atom is 0.176 e. The van der Waals surface area contributed by atoms with Crippen LogP contribution in [0.3, 0.4) is 0 Å². The van der Waals surface area contributed by atoms with Gasteiger partial charge in [-0.2, -0.15) is 0 Å². The van der Waals surface area contributed by atoms with Gasteiger partial charge >= 0.3 is 0 Å².